The average Bonchev–Trinajstić information content (AvgIpc) is 3.19. The summed E-state index contributed by atoms with van der Waals surface area (Å²) in [7, 11) is 2.12. The van der Waals surface area contributed by atoms with Gasteiger partial charge < -0.3 is 9.30 Å². The summed E-state index contributed by atoms with van der Waals surface area (Å²) < 4.78 is 8.21. The van der Waals surface area contributed by atoms with Crippen molar-refractivity contribution in [3.05, 3.63) is 53.3 Å². The predicted octanol–water partition coefficient (Wildman–Crippen LogP) is 4.47. The maximum atomic E-state index is 5.99. The number of hydrogen-bond acceptors (Lipinski definition) is 1. The van der Waals surface area contributed by atoms with Gasteiger partial charge in [-0.3, -0.25) is 0 Å². The Morgan fingerprint density at radius 1 is 1.29 bits per heavy atom. The molecule has 2 heteroatoms. The Hall–Kier alpha value is -1.70. The van der Waals surface area contributed by atoms with E-state index in [4.69, 9.17) is 4.74 Å². The molecule has 3 rings (SSSR count). The number of aryl methyl sites for hydroxylation is 2. The quantitative estimate of drug-likeness (QED) is 0.762. The van der Waals surface area contributed by atoms with Gasteiger partial charge in [-0.15, -0.1) is 0 Å². The van der Waals surface area contributed by atoms with E-state index in [-0.39, 0.29) is 0 Å². The minimum Gasteiger partial charge on any atom is -0.490 e. The highest BCUT2D eigenvalue weighted by atomic mass is 16.5. The highest BCUT2D eigenvalue weighted by molar-refractivity contribution is 5.38. The van der Waals surface area contributed by atoms with Crippen molar-refractivity contribution in [3.63, 3.8) is 0 Å². The summed E-state index contributed by atoms with van der Waals surface area (Å²) in [6.07, 6.45) is 7.15. The minimum absolute atomic E-state index is 0.475. The molecule has 1 unspecified atom stereocenters. The lowest BCUT2D eigenvalue weighted by Gasteiger charge is -2.15. The highest BCUT2D eigenvalue weighted by Gasteiger charge is 2.24. The van der Waals surface area contributed by atoms with Gasteiger partial charge in [0.15, 0.2) is 0 Å². The molecule has 0 aliphatic heterocycles. The van der Waals surface area contributed by atoms with E-state index in [2.05, 4.69) is 62.0 Å². The Morgan fingerprint density at radius 2 is 2.10 bits per heavy atom. The zero-order valence-corrected chi connectivity index (χ0v) is 13.3. The van der Waals surface area contributed by atoms with E-state index in [1.807, 2.05) is 0 Å². The Kier molecular flexibility index (Phi) is 4.05. The fourth-order valence-corrected chi connectivity index (χ4v) is 2.96. The van der Waals surface area contributed by atoms with Crippen molar-refractivity contribution in [3.8, 4) is 5.75 Å². The van der Waals surface area contributed by atoms with Crippen LogP contribution < -0.4 is 4.74 Å². The normalized spacial score (nSPS) is 16.0. The van der Waals surface area contributed by atoms with Crippen molar-refractivity contribution in [2.24, 2.45) is 7.05 Å². The summed E-state index contributed by atoms with van der Waals surface area (Å²) in [6, 6.07) is 11.1. The molecule has 21 heavy (non-hydrogen) atoms. The largest absolute Gasteiger partial charge is 0.490 e. The van der Waals surface area contributed by atoms with Crippen molar-refractivity contribution in [1.29, 1.82) is 0 Å². The van der Waals surface area contributed by atoms with Gasteiger partial charge in [-0.05, 0) is 55.0 Å². The molecule has 0 N–H and O–H groups in total. The number of rotatable bonds is 6. The molecule has 1 heterocycles. The molecular formula is C19H25NO. The first-order valence-corrected chi connectivity index (χ1v) is 8.07. The van der Waals surface area contributed by atoms with Gasteiger partial charge in [-0.1, -0.05) is 26.0 Å². The van der Waals surface area contributed by atoms with Crippen molar-refractivity contribution in [1.82, 2.24) is 4.57 Å². The van der Waals surface area contributed by atoms with Crippen molar-refractivity contribution >= 4 is 0 Å². The number of aromatic nitrogens is 1. The Bertz CT molecular complexity index is 610. The fourth-order valence-electron chi connectivity index (χ4n) is 2.96. The Labute approximate surface area is 127 Å². The first-order chi connectivity index (χ1) is 10.2. The van der Waals surface area contributed by atoms with Crippen LogP contribution in [0.3, 0.4) is 0 Å². The minimum atomic E-state index is 0.475. The lowest BCUT2D eigenvalue weighted by Crippen LogP contribution is -2.05. The van der Waals surface area contributed by atoms with Crippen LogP contribution in [0, 0.1) is 0 Å². The topological polar surface area (TPSA) is 14.2 Å². The second-order valence-electron chi connectivity index (χ2n) is 6.26. The number of nitrogens with zero attached hydrogens (tertiary/aromatic N) is 1. The predicted molar refractivity (Wildman–Crippen MR) is 87.0 cm³/mol. The molecule has 1 aliphatic carbocycles. The fraction of sp³-hybridized carbons (Fsp3) is 0.474. The smallest absolute Gasteiger partial charge is 0.122 e. The third kappa shape index (κ3) is 3.31. The third-order valence-corrected chi connectivity index (χ3v) is 4.35. The van der Waals surface area contributed by atoms with Gasteiger partial charge in [-0.25, -0.2) is 0 Å². The van der Waals surface area contributed by atoms with Crippen LogP contribution in [0.4, 0.5) is 0 Å². The highest BCUT2D eigenvalue weighted by Crippen LogP contribution is 2.31. The maximum absolute atomic E-state index is 5.99. The molecule has 1 atom stereocenters. The summed E-state index contributed by atoms with van der Waals surface area (Å²) >= 11 is 0. The maximum Gasteiger partial charge on any atom is 0.122 e. The van der Waals surface area contributed by atoms with Crippen LogP contribution >= 0.6 is 0 Å². The van der Waals surface area contributed by atoms with Gasteiger partial charge in [0.25, 0.3) is 0 Å². The van der Waals surface area contributed by atoms with Crippen LogP contribution in [-0.4, -0.2) is 10.7 Å². The van der Waals surface area contributed by atoms with Gasteiger partial charge in [0.1, 0.15) is 5.75 Å². The first-order valence-electron chi connectivity index (χ1n) is 8.07. The van der Waals surface area contributed by atoms with Crippen LogP contribution in [0.15, 0.2) is 36.5 Å². The number of ether oxygens (including phenoxy) is 1. The standard InChI is InChI=1S/C19H25NO/c1-4-16-13-15(7-10-19(16)21-17-8-9-17)12-14(2)18-6-5-11-20(18)3/h5-7,10-11,13-14,17H,4,8-9,12H2,1-3H3. The molecule has 2 nitrogen and oxygen atoms in total. The molecule has 0 spiro atoms. The lowest BCUT2D eigenvalue weighted by molar-refractivity contribution is 0.300. The van der Waals surface area contributed by atoms with Crippen molar-refractivity contribution in [2.75, 3.05) is 0 Å². The summed E-state index contributed by atoms with van der Waals surface area (Å²) in [6.45, 7) is 4.51. The Morgan fingerprint density at radius 3 is 2.71 bits per heavy atom. The monoisotopic (exact) mass is 283 g/mol. The molecule has 1 aromatic carbocycles. The molecule has 0 bridgehead atoms. The summed E-state index contributed by atoms with van der Waals surface area (Å²) in [5, 5.41) is 0. The molecule has 112 valence electrons. The number of hydrogen-bond donors (Lipinski definition) is 0. The van der Waals surface area contributed by atoms with Crippen LogP contribution in [0.2, 0.25) is 0 Å². The van der Waals surface area contributed by atoms with Gasteiger partial charge >= 0.3 is 0 Å². The zero-order valence-electron chi connectivity index (χ0n) is 13.3. The molecule has 2 aromatic rings. The van der Waals surface area contributed by atoms with E-state index >= 15 is 0 Å². The molecule has 0 radical (unpaired) electrons. The summed E-state index contributed by atoms with van der Waals surface area (Å²) in [4.78, 5) is 0. The van der Waals surface area contributed by atoms with Gasteiger partial charge in [0, 0.05) is 24.9 Å². The molecule has 0 saturated heterocycles. The van der Waals surface area contributed by atoms with E-state index in [0.717, 1.165) is 18.6 Å². The van der Waals surface area contributed by atoms with E-state index in [1.165, 1.54) is 29.7 Å². The van der Waals surface area contributed by atoms with Crippen molar-refractivity contribution < 1.29 is 4.74 Å². The van der Waals surface area contributed by atoms with Crippen LogP contribution in [-0.2, 0) is 19.9 Å². The zero-order chi connectivity index (χ0) is 14.8. The van der Waals surface area contributed by atoms with Gasteiger partial charge in [0.05, 0.1) is 6.10 Å². The molecule has 1 aliphatic rings. The summed E-state index contributed by atoms with van der Waals surface area (Å²) in [5.74, 6) is 1.63. The average molecular weight is 283 g/mol. The van der Waals surface area contributed by atoms with Crippen LogP contribution in [0.1, 0.15) is 49.4 Å². The third-order valence-electron chi connectivity index (χ3n) is 4.35. The Balaban J connectivity index is 1.74. The van der Waals surface area contributed by atoms with E-state index in [1.54, 1.807) is 0 Å². The first kappa shape index (κ1) is 14.2. The van der Waals surface area contributed by atoms with E-state index < -0.39 is 0 Å². The molecular weight excluding hydrogens is 258 g/mol. The SMILES string of the molecule is CCc1cc(CC(C)c2cccn2C)ccc1OC1CC1. The van der Waals surface area contributed by atoms with Crippen molar-refractivity contribution in [2.45, 2.75) is 51.6 Å². The van der Waals surface area contributed by atoms with E-state index in [9.17, 15) is 0 Å². The summed E-state index contributed by atoms with van der Waals surface area (Å²) in [5.41, 5.74) is 4.15. The second-order valence-corrected chi connectivity index (χ2v) is 6.26. The van der Waals surface area contributed by atoms with Gasteiger partial charge in [0.2, 0.25) is 0 Å². The molecule has 1 fully saturated rings. The molecule has 1 saturated carbocycles. The lowest BCUT2D eigenvalue weighted by atomic mass is 9.96. The van der Waals surface area contributed by atoms with Crippen LogP contribution in [0.25, 0.3) is 0 Å². The van der Waals surface area contributed by atoms with Crippen LogP contribution in [0.5, 0.6) is 5.75 Å². The number of benzene rings is 1. The van der Waals surface area contributed by atoms with E-state index in [0.29, 0.717) is 12.0 Å². The van der Waals surface area contributed by atoms with Gasteiger partial charge in [-0.2, -0.15) is 0 Å². The molecule has 0 amide bonds. The second kappa shape index (κ2) is 5.97. The molecule has 1 aromatic heterocycles.